The number of hydrogen-bond acceptors (Lipinski definition) is 9. The van der Waals surface area contributed by atoms with Crippen molar-refractivity contribution in [2.75, 3.05) is 39.6 Å². The fraction of sp³-hybridized carbons (Fsp3) is 0.571. The molecule has 3 aliphatic rings. The molecule has 1 saturated carbocycles. The maximum Gasteiger partial charge on any atom is 0.410 e. The molecule has 1 fully saturated rings. The monoisotopic (exact) mass is 907 g/mol. The molecule has 2 N–H and O–H groups in total. The number of amides is 1. The zero-order valence-corrected chi connectivity index (χ0v) is 40.0. The molecule has 0 aromatic heterocycles. The van der Waals surface area contributed by atoms with Gasteiger partial charge in [0.25, 0.3) is 0 Å². The van der Waals surface area contributed by atoms with E-state index < -0.39 is 23.8 Å². The summed E-state index contributed by atoms with van der Waals surface area (Å²) in [6, 6.07) is 19.8. The number of aliphatic hydroxyl groups excluding tert-OH is 2. The van der Waals surface area contributed by atoms with E-state index in [2.05, 4.69) is 56.5 Å². The number of allylic oxidation sites excluding steroid dienone is 1. The zero-order chi connectivity index (χ0) is 46.6. The Balaban J connectivity index is 1.46. The van der Waals surface area contributed by atoms with Crippen molar-refractivity contribution in [3.05, 3.63) is 109 Å². The van der Waals surface area contributed by atoms with Crippen LogP contribution in [0.3, 0.4) is 0 Å². The number of hydrogen-bond donors (Lipinski definition) is 2. The number of nitrogens with zero attached hydrogens (tertiary/aromatic N) is 2. The van der Waals surface area contributed by atoms with Crippen LogP contribution in [0.5, 0.6) is 11.5 Å². The second kappa shape index (κ2) is 26.6. The smallest absolute Gasteiger partial charge is 0.410 e. The summed E-state index contributed by atoms with van der Waals surface area (Å²) in [6.45, 7) is 13.9. The number of fused-ring (bicyclic) bond motifs is 3. The molecule has 3 aromatic carbocycles. The summed E-state index contributed by atoms with van der Waals surface area (Å²) in [4.78, 5) is 23.0. The summed E-state index contributed by atoms with van der Waals surface area (Å²) in [5.74, 6) is -0.409. The molecular weight excluding hydrogens is 829 g/mol. The maximum absolute atomic E-state index is 15.1. The Hall–Kier alpha value is -4.64. The van der Waals surface area contributed by atoms with E-state index in [1.54, 1.807) is 12.2 Å². The van der Waals surface area contributed by atoms with Gasteiger partial charge in [-0.25, -0.2) is 4.79 Å². The summed E-state index contributed by atoms with van der Waals surface area (Å²) in [5, 5.41) is 27.0. The molecule has 3 aromatic rings. The lowest BCUT2D eigenvalue weighted by Crippen LogP contribution is -2.70. The number of aliphatic hydroxyl groups is 2. The van der Waals surface area contributed by atoms with Crippen LogP contribution >= 0.6 is 0 Å². The molecular formula is C56H78N2O8. The Morgan fingerprint density at radius 2 is 1.56 bits per heavy atom. The van der Waals surface area contributed by atoms with Gasteiger partial charge in [-0.3, -0.25) is 4.90 Å². The number of carbonyl (C=O) groups excluding carboxylic acids is 1. The predicted molar refractivity (Wildman–Crippen MR) is 265 cm³/mol. The zero-order valence-electron chi connectivity index (χ0n) is 40.0. The van der Waals surface area contributed by atoms with E-state index in [9.17, 15) is 10.2 Å². The van der Waals surface area contributed by atoms with Gasteiger partial charge in [0.05, 0.1) is 31.4 Å². The molecule has 6 atom stereocenters. The number of carbonyl (C=O) groups is 1. The minimum atomic E-state index is -1.40. The SMILES string of the molecule is C=CCOc1ccc2c(c1)[C@H]1[C@H](CCCCO)[C@@H](CCCCO)C=C3C(=NOCC)C[C@H](N(Cc4cccc5ccccc45)C(=O)OCCCCCCCCCCCC)[C@@](OCC=C)(O2)[C@H]31. The van der Waals surface area contributed by atoms with Crippen LogP contribution in [0, 0.1) is 17.8 Å². The lowest BCUT2D eigenvalue weighted by atomic mass is 9.55. The summed E-state index contributed by atoms with van der Waals surface area (Å²) < 4.78 is 27.2. The van der Waals surface area contributed by atoms with Crippen LogP contribution in [0.1, 0.15) is 140 Å². The van der Waals surface area contributed by atoms with E-state index in [0.29, 0.717) is 50.6 Å². The summed E-state index contributed by atoms with van der Waals surface area (Å²) in [6.07, 6.45) is 22.3. The third kappa shape index (κ3) is 12.7. The van der Waals surface area contributed by atoms with Crippen molar-refractivity contribution in [3.63, 3.8) is 0 Å². The molecule has 0 bridgehead atoms. The van der Waals surface area contributed by atoms with Crippen LogP contribution in [0.4, 0.5) is 4.79 Å². The average molecular weight is 907 g/mol. The summed E-state index contributed by atoms with van der Waals surface area (Å²) >= 11 is 0. The topological polar surface area (TPSA) is 119 Å². The van der Waals surface area contributed by atoms with E-state index in [4.69, 9.17) is 28.9 Å². The Kier molecular flexibility index (Phi) is 20.5. The van der Waals surface area contributed by atoms with Crippen LogP contribution in [0.25, 0.3) is 10.8 Å². The quantitative estimate of drug-likeness (QED) is 0.0386. The van der Waals surface area contributed by atoms with Crippen LogP contribution in [0.2, 0.25) is 0 Å². The molecule has 1 heterocycles. The minimum absolute atomic E-state index is 0.0925. The van der Waals surface area contributed by atoms with Gasteiger partial charge in [-0.15, -0.1) is 6.58 Å². The highest BCUT2D eigenvalue weighted by Gasteiger charge is 2.65. The Morgan fingerprint density at radius 1 is 0.848 bits per heavy atom. The second-order valence-corrected chi connectivity index (χ2v) is 18.4. The first-order valence-electron chi connectivity index (χ1n) is 25.3. The van der Waals surface area contributed by atoms with Crippen molar-refractivity contribution >= 4 is 22.6 Å². The molecule has 0 saturated heterocycles. The third-order valence-corrected chi connectivity index (χ3v) is 13.9. The third-order valence-electron chi connectivity index (χ3n) is 13.9. The van der Waals surface area contributed by atoms with E-state index in [1.165, 1.54) is 44.9 Å². The standard InChI is InChI=1S/C56H78N2O8/c1-5-9-10-11-12-13-14-15-16-23-37-63-55(61)58(41-44-28-24-27-42-25-17-18-29-46(42)44)52-40-50(57-65-8-4)48-38-43(26-19-21-33-59)47(30-20-22-34-60)53-49-39-45(62-35-6-2)31-32-51(49)66-56(52,54(48)53)64-36-7-3/h6-7,17-18,24-25,27-29,31-32,38-39,43,47,52-54,59-60H,2-3,5,8-16,19-23,26,30,33-37,40-41H2,1,4H3/t43-,47+,52-,53+,54+,56+/m0/s1. The molecule has 10 heteroatoms. The first-order valence-corrected chi connectivity index (χ1v) is 25.3. The lowest BCUT2D eigenvalue weighted by molar-refractivity contribution is -0.256. The van der Waals surface area contributed by atoms with Crippen LogP contribution in [-0.4, -0.2) is 78.4 Å². The van der Waals surface area contributed by atoms with Crippen molar-refractivity contribution in [3.8, 4) is 11.5 Å². The predicted octanol–water partition coefficient (Wildman–Crippen LogP) is 12.6. The van der Waals surface area contributed by atoms with Gasteiger partial charge in [0.1, 0.15) is 30.8 Å². The number of oxime groups is 1. The molecule has 0 radical (unpaired) electrons. The molecule has 6 rings (SSSR count). The number of rotatable bonds is 30. The Morgan fingerprint density at radius 3 is 2.29 bits per heavy atom. The molecule has 360 valence electrons. The molecule has 10 nitrogen and oxygen atoms in total. The maximum atomic E-state index is 15.1. The minimum Gasteiger partial charge on any atom is -0.490 e. The normalized spacial score (nSPS) is 22.5. The van der Waals surface area contributed by atoms with Crippen molar-refractivity contribution in [2.24, 2.45) is 22.9 Å². The van der Waals surface area contributed by atoms with E-state index >= 15 is 4.79 Å². The van der Waals surface area contributed by atoms with Crippen LogP contribution in [0.15, 0.2) is 103 Å². The van der Waals surface area contributed by atoms with Crippen LogP contribution in [-0.2, 0) is 20.9 Å². The highest BCUT2D eigenvalue weighted by Crippen LogP contribution is 2.62. The van der Waals surface area contributed by atoms with Crippen molar-refractivity contribution in [1.82, 2.24) is 4.90 Å². The fourth-order valence-corrected chi connectivity index (χ4v) is 10.8. The second-order valence-electron chi connectivity index (χ2n) is 18.4. The van der Waals surface area contributed by atoms with E-state index in [0.717, 1.165) is 78.1 Å². The Labute approximate surface area is 395 Å². The first-order chi connectivity index (χ1) is 32.4. The van der Waals surface area contributed by atoms with Crippen molar-refractivity contribution in [2.45, 2.75) is 147 Å². The largest absolute Gasteiger partial charge is 0.490 e. The molecule has 66 heavy (non-hydrogen) atoms. The van der Waals surface area contributed by atoms with E-state index in [1.807, 2.05) is 42.2 Å². The van der Waals surface area contributed by atoms with Crippen molar-refractivity contribution in [1.29, 1.82) is 0 Å². The number of unbranched alkanes of at least 4 members (excludes halogenated alkanes) is 11. The number of benzene rings is 3. The number of ether oxygens (including phenoxy) is 4. The fourth-order valence-electron chi connectivity index (χ4n) is 10.8. The van der Waals surface area contributed by atoms with Gasteiger partial charge in [-0.1, -0.05) is 150 Å². The van der Waals surface area contributed by atoms with Gasteiger partial charge in [-0.05, 0) is 91.0 Å². The van der Waals surface area contributed by atoms with Crippen LogP contribution < -0.4 is 9.47 Å². The summed E-state index contributed by atoms with van der Waals surface area (Å²) in [5.41, 5.74) is 3.74. The van der Waals surface area contributed by atoms with Gasteiger partial charge >= 0.3 is 6.09 Å². The summed E-state index contributed by atoms with van der Waals surface area (Å²) in [7, 11) is 0. The van der Waals surface area contributed by atoms with E-state index in [-0.39, 0.29) is 44.1 Å². The molecule has 0 unspecified atom stereocenters. The molecule has 1 aliphatic heterocycles. The first kappa shape index (κ1) is 50.8. The average Bonchev–Trinajstić information content (AvgIpc) is 3.34. The highest BCUT2D eigenvalue weighted by molar-refractivity contribution is 6.03. The highest BCUT2D eigenvalue weighted by atomic mass is 16.7. The van der Waals surface area contributed by atoms with Gasteiger partial charge in [0.2, 0.25) is 5.79 Å². The lowest BCUT2D eigenvalue weighted by Gasteiger charge is -2.60. The van der Waals surface area contributed by atoms with Gasteiger partial charge < -0.3 is 34.0 Å². The molecule has 1 amide bonds. The van der Waals surface area contributed by atoms with Gasteiger partial charge in [-0.2, -0.15) is 0 Å². The Bertz CT molecular complexity index is 2040. The van der Waals surface area contributed by atoms with Gasteiger partial charge in [0, 0.05) is 31.1 Å². The molecule has 2 aliphatic carbocycles. The van der Waals surface area contributed by atoms with Crippen molar-refractivity contribution < 1.29 is 38.8 Å². The van der Waals surface area contributed by atoms with Gasteiger partial charge in [0.15, 0.2) is 0 Å². The molecule has 0 spiro atoms.